The first-order valence-electron chi connectivity index (χ1n) is 9.85. The molecule has 0 saturated carbocycles. The topological polar surface area (TPSA) is 65.5 Å². The van der Waals surface area contributed by atoms with Crippen molar-refractivity contribution in [1.82, 2.24) is 20.1 Å². The van der Waals surface area contributed by atoms with Gasteiger partial charge in [0.1, 0.15) is 0 Å². The zero-order valence-corrected chi connectivity index (χ0v) is 16.2. The summed E-state index contributed by atoms with van der Waals surface area (Å²) in [5.41, 5.74) is 3.70. The summed E-state index contributed by atoms with van der Waals surface area (Å²) in [6.07, 6.45) is 5.57. The Balaban J connectivity index is 1.43. The highest BCUT2D eigenvalue weighted by Gasteiger charge is 2.38. The number of hydrogen-bond acceptors (Lipinski definition) is 4. The summed E-state index contributed by atoms with van der Waals surface area (Å²) in [7, 11) is 1.78. The molecule has 4 rings (SSSR count). The number of carbonyl (C=O) groups excluding carboxylic acids is 2. The van der Waals surface area contributed by atoms with Gasteiger partial charge in [-0.05, 0) is 35.6 Å². The first-order valence-corrected chi connectivity index (χ1v) is 9.85. The molecule has 2 aromatic rings. The Hall–Kier alpha value is -2.73. The maximum atomic E-state index is 12.8. The fraction of sp³-hybridized carbons (Fsp3) is 0.409. The van der Waals surface area contributed by atoms with E-state index in [0.29, 0.717) is 13.1 Å². The molecule has 1 aromatic carbocycles. The first kappa shape index (κ1) is 18.6. The van der Waals surface area contributed by atoms with E-state index in [9.17, 15) is 9.59 Å². The van der Waals surface area contributed by atoms with Crippen molar-refractivity contribution in [1.29, 1.82) is 0 Å². The van der Waals surface area contributed by atoms with E-state index in [0.717, 1.165) is 24.9 Å². The normalized spacial score (nSPS) is 19.9. The summed E-state index contributed by atoms with van der Waals surface area (Å²) in [6, 6.07) is 12.2. The summed E-state index contributed by atoms with van der Waals surface area (Å²) < 4.78 is 0. The summed E-state index contributed by atoms with van der Waals surface area (Å²) in [5.74, 6) is -0.0586. The molecule has 1 aliphatic heterocycles. The van der Waals surface area contributed by atoms with Gasteiger partial charge in [0.2, 0.25) is 11.8 Å². The van der Waals surface area contributed by atoms with Crippen molar-refractivity contribution < 1.29 is 9.59 Å². The Morgan fingerprint density at radius 2 is 1.96 bits per heavy atom. The Kier molecular flexibility index (Phi) is 5.39. The van der Waals surface area contributed by atoms with Gasteiger partial charge in [-0.3, -0.25) is 19.5 Å². The molecule has 1 fully saturated rings. The van der Waals surface area contributed by atoms with Gasteiger partial charge >= 0.3 is 0 Å². The van der Waals surface area contributed by atoms with Gasteiger partial charge in [0.25, 0.3) is 0 Å². The minimum atomic E-state index is -0.406. The highest BCUT2D eigenvalue weighted by atomic mass is 16.2. The Bertz CT molecular complexity index is 830. The number of nitrogens with one attached hydrogen (secondary N) is 1. The SMILES string of the molecule is CN(Cc1cccnc1)C(=O)CC1C(=O)NCCN1C1Cc2ccccc2C1. The first-order chi connectivity index (χ1) is 13.6. The number of aromatic nitrogens is 1. The fourth-order valence-corrected chi connectivity index (χ4v) is 4.32. The van der Waals surface area contributed by atoms with Crippen LogP contribution in [0.25, 0.3) is 0 Å². The summed E-state index contributed by atoms with van der Waals surface area (Å²) in [5, 5.41) is 2.94. The third-order valence-electron chi connectivity index (χ3n) is 5.81. The van der Waals surface area contributed by atoms with Crippen LogP contribution in [0.4, 0.5) is 0 Å². The molecule has 1 saturated heterocycles. The summed E-state index contributed by atoms with van der Waals surface area (Å²) in [4.78, 5) is 33.5. The number of hydrogen-bond donors (Lipinski definition) is 1. The van der Waals surface area contributed by atoms with Gasteiger partial charge in [0.15, 0.2) is 0 Å². The monoisotopic (exact) mass is 378 g/mol. The van der Waals surface area contributed by atoms with Crippen molar-refractivity contribution >= 4 is 11.8 Å². The largest absolute Gasteiger partial charge is 0.353 e. The van der Waals surface area contributed by atoms with E-state index < -0.39 is 6.04 Å². The lowest BCUT2D eigenvalue weighted by Gasteiger charge is -2.39. The molecule has 1 N–H and O–H groups in total. The molecule has 2 amide bonds. The van der Waals surface area contributed by atoms with E-state index in [4.69, 9.17) is 0 Å². The van der Waals surface area contributed by atoms with E-state index in [2.05, 4.69) is 39.5 Å². The predicted molar refractivity (Wildman–Crippen MR) is 106 cm³/mol. The molecule has 6 heteroatoms. The van der Waals surface area contributed by atoms with Crippen molar-refractivity contribution in [2.24, 2.45) is 0 Å². The van der Waals surface area contributed by atoms with Crippen LogP contribution in [0.5, 0.6) is 0 Å². The molecule has 1 unspecified atom stereocenters. The standard InChI is InChI=1S/C22H26N4O2/c1-25(15-16-5-4-8-23-14-16)21(27)13-20-22(28)24-9-10-26(20)19-11-17-6-2-3-7-18(17)12-19/h2-8,14,19-20H,9-13,15H2,1H3,(H,24,28). The lowest BCUT2D eigenvalue weighted by molar-refractivity contribution is -0.139. The lowest BCUT2D eigenvalue weighted by Crippen LogP contribution is -2.59. The van der Waals surface area contributed by atoms with Crippen LogP contribution in [0, 0.1) is 0 Å². The molecule has 28 heavy (non-hydrogen) atoms. The quantitative estimate of drug-likeness (QED) is 0.854. The average Bonchev–Trinajstić information content (AvgIpc) is 3.14. The molecule has 6 nitrogen and oxygen atoms in total. The van der Waals surface area contributed by atoms with E-state index in [1.165, 1.54) is 11.1 Å². The minimum absolute atomic E-state index is 0.0218. The zero-order chi connectivity index (χ0) is 19.5. The lowest BCUT2D eigenvalue weighted by atomic mass is 10.0. The molecule has 2 heterocycles. The van der Waals surface area contributed by atoms with Crippen LogP contribution < -0.4 is 5.32 Å². The predicted octanol–water partition coefficient (Wildman–Crippen LogP) is 1.40. The van der Waals surface area contributed by atoms with Crippen molar-refractivity contribution in [3.63, 3.8) is 0 Å². The number of pyridine rings is 1. The second-order valence-corrected chi connectivity index (χ2v) is 7.69. The van der Waals surface area contributed by atoms with E-state index in [1.807, 2.05) is 12.1 Å². The Labute approximate surface area is 165 Å². The number of carbonyl (C=O) groups is 2. The van der Waals surface area contributed by atoms with Crippen LogP contribution in [-0.2, 0) is 29.0 Å². The molecule has 146 valence electrons. The highest BCUT2D eigenvalue weighted by Crippen LogP contribution is 2.28. The van der Waals surface area contributed by atoms with Crippen LogP contribution in [0.2, 0.25) is 0 Å². The molecule has 1 aliphatic carbocycles. The summed E-state index contributed by atoms with van der Waals surface area (Å²) in [6.45, 7) is 1.92. The van der Waals surface area contributed by atoms with Gasteiger partial charge in [-0.2, -0.15) is 0 Å². The Morgan fingerprint density at radius 1 is 1.21 bits per heavy atom. The van der Waals surface area contributed by atoms with Crippen molar-refractivity contribution in [3.8, 4) is 0 Å². The van der Waals surface area contributed by atoms with Crippen molar-refractivity contribution in [2.75, 3.05) is 20.1 Å². The van der Waals surface area contributed by atoms with E-state index in [1.54, 1.807) is 24.3 Å². The number of amides is 2. The van der Waals surface area contributed by atoms with Gasteiger partial charge in [-0.25, -0.2) is 0 Å². The van der Waals surface area contributed by atoms with Gasteiger partial charge in [0, 0.05) is 45.1 Å². The smallest absolute Gasteiger partial charge is 0.237 e. The second kappa shape index (κ2) is 8.10. The summed E-state index contributed by atoms with van der Waals surface area (Å²) >= 11 is 0. The molecule has 2 aliphatic rings. The van der Waals surface area contributed by atoms with Crippen LogP contribution in [0.1, 0.15) is 23.1 Å². The van der Waals surface area contributed by atoms with Crippen molar-refractivity contribution in [3.05, 3.63) is 65.5 Å². The molecule has 0 radical (unpaired) electrons. The van der Waals surface area contributed by atoms with Gasteiger partial charge in [-0.15, -0.1) is 0 Å². The number of nitrogens with zero attached hydrogens (tertiary/aromatic N) is 3. The van der Waals surface area contributed by atoms with E-state index in [-0.39, 0.29) is 24.3 Å². The van der Waals surface area contributed by atoms with E-state index >= 15 is 0 Å². The molecular weight excluding hydrogens is 352 g/mol. The number of rotatable bonds is 5. The van der Waals surface area contributed by atoms with Gasteiger partial charge < -0.3 is 10.2 Å². The molecule has 1 aromatic heterocycles. The van der Waals surface area contributed by atoms with Crippen LogP contribution >= 0.6 is 0 Å². The van der Waals surface area contributed by atoms with Crippen molar-refractivity contribution in [2.45, 2.75) is 37.9 Å². The second-order valence-electron chi connectivity index (χ2n) is 7.69. The molecular formula is C22H26N4O2. The minimum Gasteiger partial charge on any atom is -0.353 e. The van der Waals surface area contributed by atoms with Crippen LogP contribution in [-0.4, -0.2) is 58.8 Å². The average molecular weight is 378 g/mol. The third-order valence-corrected chi connectivity index (χ3v) is 5.81. The molecule has 0 spiro atoms. The maximum Gasteiger partial charge on any atom is 0.237 e. The van der Waals surface area contributed by atoms with Gasteiger partial charge in [0.05, 0.1) is 12.5 Å². The van der Waals surface area contributed by atoms with Crippen LogP contribution in [0.15, 0.2) is 48.8 Å². The number of benzene rings is 1. The molecule has 0 bridgehead atoms. The fourth-order valence-electron chi connectivity index (χ4n) is 4.32. The maximum absolute atomic E-state index is 12.8. The molecule has 1 atom stereocenters. The number of fused-ring (bicyclic) bond motifs is 1. The van der Waals surface area contributed by atoms with Gasteiger partial charge in [-0.1, -0.05) is 30.3 Å². The highest BCUT2D eigenvalue weighted by molar-refractivity contribution is 5.88. The zero-order valence-electron chi connectivity index (χ0n) is 16.2. The van der Waals surface area contributed by atoms with Crippen LogP contribution in [0.3, 0.4) is 0 Å². The number of piperazine rings is 1. The Morgan fingerprint density at radius 3 is 2.64 bits per heavy atom. The third kappa shape index (κ3) is 3.92.